The van der Waals surface area contributed by atoms with E-state index in [4.69, 9.17) is 11.6 Å². The number of hydrogen-bond acceptors (Lipinski definition) is 4. The molecule has 0 saturated carbocycles. The standard InChI is InChI=1S/C10H9ClF3N5/c1-15-5-8-16-17-18-19(8)9-6(10(12,13)14)3-2-4-7(9)11/h2-4,15H,5H2,1H3. The van der Waals surface area contributed by atoms with Crippen LogP contribution in [-0.4, -0.2) is 27.3 Å². The van der Waals surface area contributed by atoms with Gasteiger partial charge in [0.15, 0.2) is 5.82 Å². The van der Waals surface area contributed by atoms with Crippen LogP contribution in [0.25, 0.3) is 5.69 Å². The van der Waals surface area contributed by atoms with Gasteiger partial charge in [0.05, 0.1) is 22.8 Å². The Morgan fingerprint density at radius 2 is 2.11 bits per heavy atom. The van der Waals surface area contributed by atoms with Crippen molar-refractivity contribution < 1.29 is 13.2 Å². The number of rotatable bonds is 3. The van der Waals surface area contributed by atoms with E-state index in [1.807, 2.05) is 0 Å². The summed E-state index contributed by atoms with van der Waals surface area (Å²) in [5, 5.41) is 13.3. The van der Waals surface area contributed by atoms with E-state index < -0.39 is 11.7 Å². The van der Waals surface area contributed by atoms with E-state index in [1.165, 1.54) is 12.1 Å². The Labute approximate surface area is 111 Å². The number of benzene rings is 1. The lowest BCUT2D eigenvalue weighted by atomic mass is 10.1. The molecule has 1 N–H and O–H groups in total. The molecule has 0 amide bonds. The molecule has 1 aromatic carbocycles. The molecule has 5 nitrogen and oxygen atoms in total. The Morgan fingerprint density at radius 1 is 1.37 bits per heavy atom. The van der Waals surface area contributed by atoms with Crippen molar-refractivity contribution in [2.45, 2.75) is 12.7 Å². The molecule has 0 unspecified atom stereocenters. The predicted octanol–water partition coefficient (Wildman–Crippen LogP) is 2.05. The Bertz CT molecular complexity index is 581. The first-order valence-electron chi connectivity index (χ1n) is 5.23. The van der Waals surface area contributed by atoms with Crippen molar-refractivity contribution in [2.75, 3.05) is 7.05 Å². The van der Waals surface area contributed by atoms with Crippen LogP contribution in [0.5, 0.6) is 0 Å². The molecule has 0 bridgehead atoms. The van der Waals surface area contributed by atoms with E-state index >= 15 is 0 Å². The van der Waals surface area contributed by atoms with E-state index in [0.717, 1.165) is 10.7 Å². The highest BCUT2D eigenvalue weighted by Gasteiger charge is 2.35. The van der Waals surface area contributed by atoms with Crippen LogP contribution >= 0.6 is 11.6 Å². The summed E-state index contributed by atoms with van der Waals surface area (Å²) in [6.07, 6.45) is -4.54. The van der Waals surface area contributed by atoms with Crippen LogP contribution in [0.2, 0.25) is 5.02 Å². The maximum absolute atomic E-state index is 13.0. The number of aromatic nitrogens is 4. The lowest BCUT2D eigenvalue weighted by molar-refractivity contribution is -0.137. The molecule has 19 heavy (non-hydrogen) atoms. The van der Waals surface area contributed by atoms with Crippen LogP contribution < -0.4 is 5.32 Å². The molecule has 2 aromatic rings. The van der Waals surface area contributed by atoms with Crippen molar-refractivity contribution in [2.24, 2.45) is 0 Å². The van der Waals surface area contributed by atoms with Crippen molar-refractivity contribution in [3.63, 3.8) is 0 Å². The quantitative estimate of drug-likeness (QED) is 0.940. The third-order valence-corrected chi connectivity index (χ3v) is 2.68. The summed E-state index contributed by atoms with van der Waals surface area (Å²) < 4.78 is 39.9. The molecular formula is C10H9ClF3N5. The number of halogens is 4. The van der Waals surface area contributed by atoms with Gasteiger partial charge in [-0.15, -0.1) is 5.10 Å². The number of nitrogens with one attached hydrogen (secondary N) is 1. The molecule has 0 aliphatic carbocycles. The summed E-state index contributed by atoms with van der Waals surface area (Å²) in [4.78, 5) is 0. The minimum Gasteiger partial charge on any atom is -0.313 e. The Hall–Kier alpha value is -1.67. The van der Waals surface area contributed by atoms with Gasteiger partial charge in [0.2, 0.25) is 0 Å². The molecule has 0 fully saturated rings. The van der Waals surface area contributed by atoms with Gasteiger partial charge in [0.25, 0.3) is 0 Å². The fraction of sp³-hybridized carbons (Fsp3) is 0.300. The second kappa shape index (κ2) is 5.14. The van der Waals surface area contributed by atoms with Crippen molar-refractivity contribution in [1.29, 1.82) is 0 Å². The monoisotopic (exact) mass is 291 g/mol. The van der Waals surface area contributed by atoms with E-state index in [2.05, 4.69) is 20.8 Å². The summed E-state index contributed by atoms with van der Waals surface area (Å²) in [6.45, 7) is 0.218. The highest BCUT2D eigenvalue weighted by atomic mass is 35.5. The molecular weight excluding hydrogens is 283 g/mol. The van der Waals surface area contributed by atoms with Gasteiger partial charge >= 0.3 is 6.18 Å². The molecule has 102 valence electrons. The molecule has 0 saturated heterocycles. The van der Waals surface area contributed by atoms with Gasteiger partial charge in [-0.05, 0) is 29.6 Å². The van der Waals surface area contributed by atoms with Crippen molar-refractivity contribution in [3.8, 4) is 5.69 Å². The summed E-state index contributed by atoms with van der Waals surface area (Å²) in [6, 6.07) is 3.53. The lowest BCUT2D eigenvalue weighted by Crippen LogP contribution is -2.16. The number of nitrogens with zero attached hydrogens (tertiary/aromatic N) is 4. The topological polar surface area (TPSA) is 55.6 Å². The van der Waals surface area contributed by atoms with E-state index in [-0.39, 0.29) is 23.1 Å². The summed E-state index contributed by atoms with van der Waals surface area (Å²) in [7, 11) is 1.64. The number of alkyl halides is 3. The van der Waals surface area contributed by atoms with Gasteiger partial charge in [0.1, 0.15) is 0 Å². The fourth-order valence-corrected chi connectivity index (χ4v) is 1.86. The minimum absolute atomic E-state index is 0.0699. The number of para-hydroxylation sites is 1. The minimum atomic E-state index is -4.54. The molecule has 0 aliphatic heterocycles. The summed E-state index contributed by atoms with van der Waals surface area (Å²) in [5.74, 6) is 0.237. The molecule has 1 aromatic heterocycles. The van der Waals surface area contributed by atoms with Gasteiger partial charge in [0, 0.05) is 0 Å². The van der Waals surface area contributed by atoms with Gasteiger partial charge in [-0.25, -0.2) is 0 Å². The molecule has 1 heterocycles. The Kier molecular flexibility index (Phi) is 3.72. The smallest absolute Gasteiger partial charge is 0.313 e. The van der Waals surface area contributed by atoms with Gasteiger partial charge in [-0.1, -0.05) is 17.7 Å². The van der Waals surface area contributed by atoms with E-state index in [9.17, 15) is 13.2 Å². The average Bonchev–Trinajstić information content (AvgIpc) is 2.76. The van der Waals surface area contributed by atoms with Gasteiger partial charge in [-0.3, -0.25) is 0 Å². The van der Waals surface area contributed by atoms with Gasteiger partial charge < -0.3 is 5.32 Å². The van der Waals surface area contributed by atoms with Crippen LogP contribution in [0, 0.1) is 0 Å². The van der Waals surface area contributed by atoms with Crippen LogP contribution in [0.1, 0.15) is 11.4 Å². The molecule has 0 aliphatic rings. The number of tetrazole rings is 1. The second-order valence-corrected chi connectivity index (χ2v) is 4.08. The zero-order valence-electron chi connectivity index (χ0n) is 9.74. The van der Waals surface area contributed by atoms with Crippen LogP contribution in [0.15, 0.2) is 18.2 Å². The zero-order chi connectivity index (χ0) is 14.0. The van der Waals surface area contributed by atoms with Crippen LogP contribution in [0.4, 0.5) is 13.2 Å². The van der Waals surface area contributed by atoms with Crippen LogP contribution in [-0.2, 0) is 12.7 Å². The summed E-state index contributed by atoms with van der Waals surface area (Å²) >= 11 is 5.86. The Morgan fingerprint density at radius 3 is 2.74 bits per heavy atom. The average molecular weight is 292 g/mol. The first kappa shape index (κ1) is 13.8. The predicted molar refractivity (Wildman–Crippen MR) is 61.9 cm³/mol. The first-order chi connectivity index (χ1) is 8.95. The molecule has 9 heteroatoms. The van der Waals surface area contributed by atoms with Crippen LogP contribution in [0.3, 0.4) is 0 Å². The first-order valence-corrected chi connectivity index (χ1v) is 5.61. The maximum Gasteiger partial charge on any atom is 0.418 e. The molecule has 2 rings (SSSR count). The van der Waals surface area contributed by atoms with Gasteiger partial charge in [-0.2, -0.15) is 17.9 Å². The van der Waals surface area contributed by atoms with E-state index in [1.54, 1.807) is 7.05 Å². The third-order valence-electron chi connectivity index (χ3n) is 2.37. The highest BCUT2D eigenvalue weighted by Crippen LogP contribution is 2.37. The third kappa shape index (κ3) is 2.69. The zero-order valence-corrected chi connectivity index (χ0v) is 10.5. The molecule has 0 spiro atoms. The van der Waals surface area contributed by atoms with Crippen molar-refractivity contribution in [1.82, 2.24) is 25.5 Å². The largest absolute Gasteiger partial charge is 0.418 e. The Balaban J connectivity index is 2.64. The molecule has 0 radical (unpaired) electrons. The maximum atomic E-state index is 13.0. The highest BCUT2D eigenvalue weighted by molar-refractivity contribution is 6.32. The fourth-order valence-electron chi connectivity index (χ4n) is 1.61. The normalized spacial score (nSPS) is 11.8. The number of hydrogen-bond donors (Lipinski definition) is 1. The van der Waals surface area contributed by atoms with Crippen molar-refractivity contribution >= 4 is 11.6 Å². The molecule has 0 atom stereocenters. The van der Waals surface area contributed by atoms with E-state index in [0.29, 0.717) is 0 Å². The second-order valence-electron chi connectivity index (χ2n) is 3.67. The van der Waals surface area contributed by atoms with Crippen molar-refractivity contribution in [3.05, 3.63) is 34.6 Å². The summed E-state index contributed by atoms with van der Waals surface area (Å²) in [5.41, 5.74) is -1.16. The lowest BCUT2D eigenvalue weighted by Gasteiger charge is -2.14. The SMILES string of the molecule is CNCc1nnnn1-c1c(Cl)cccc1C(F)(F)F.